The van der Waals surface area contributed by atoms with E-state index in [9.17, 15) is 4.79 Å². The molecule has 2 heterocycles. The van der Waals surface area contributed by atoms with Gasteiger partial charge in [0.15, 0.2) is 0 Å². The Morgan fingerprint density at radius 1 is 1.30 bits per heavy atom. The molecule has 0 spiro atoms. The number of hydrogen-bond donors (Lipinski definition) is 0. The van der Waals surface area contributed by atoms with Gasteiger partial charge >= 0.3 is 6.09 Å². The number of carbonyl (C=O) groups is 1. The highest BCUT2D eigenvalue weighted by Gasteiger charge is 2.19. The van der Waals surface area contributed by atoms with Crippen LogP contribution in [0.25, 0.3) is 10.6 Å². The molecule has 1 aliphatic carbocycles. The van der Waals surface area contributed by atoms with E-state index < -0.39 is 0 Å². The Bertz CT molecular complexity index is 849. The van der Waals surface area contributed by atoms with Crippen LogP contribution in [0, 0.1) is 6.92 Å². The first-order chi connectivity index (χ1) is 14.5. The molecule has 7 heteroatoms. The molecule has 0 N–H and O–H groups in total. The Balaban J connectivity index is 1.68. The second kappa shape index (κ2) is 11.0. The van der Waals surface area contributed by atoms with E-state index in [0.29, 0.717) is 17.0 Å². The summed E-state index contributed by atoms with van der Waals surface area (Å²) in [6, 6.07) is 5.81. The second-order valence-electron chi connectivity index (χ2n) is 7.89. The van der Waals surface area contributed by atoms with Crippen molar-refractivity contribution in [2.45, 2.75) is 71.5 Å². The summed E-state index contributed by atoms with van der Waals surface area (Å²) in [5.74, 6) is 0.846. The molecule has 1 amide bonds. The van der Waals surface area contributed by atoms with Crippen molar-refractivity contribution >= 4 is 29.0 Å². The zero-order valence-electron chi connectivity index (χ0n) is 18.1. The van der Waals surface area contributed by atoms with Crippen LogP contribution in [0.2, 0.25) is 4.34 Å². The fourth-order valence-electron chi connectivity index (χ4n) is 3.62. The first-order valence-corrected chi connectivity index (χ1v) is 12.0. The number of amides is 1. The van der Waals surface area contributed by atoms with E-state index in [4.69, 9.17) is 26.1 Å². The maximum atomic E-state index is 12.2. The molecule has 2 aromatic heterocycles. The van der Waals surface area contributed by atoms with E-state index in [-0.39, 0.29) is 12.7 Å². The van der Waals surface area contributed by atoms with Crippen molar-refractivity contribution in [1.82, 2.24) is 9.88 Å². The number of nitrogens with zero attached hydrogens (tertiary/aromatic N) is 2. The number of aryl methyl sites for hydroxylation is 1. The molecule has 164 valence electrons. The van der Waals surface area contributed by atoms with Crippen molar-refractivity contribution in [2.24, 2.45) is 0 Å². The minimum atomic E-state index is -0.322. The van der Waals surface area contributed by atoms with Crippen LogP contribution < -0.4 is 4.74 Å². The van der Waals surface area contributed by atoms with Gasteiger partial charge in [0, 0.05) is 19.2 Å². The van der Waals surface area contributed by atoms with E-state index >= 15 is 0 Å². The van der Waals surface area contributed by atoms with Gasteiger partial charge in [-0.05, 0) is 57.2 Å². The molecule has 1 saturated carbocycles. The first kappa shape index (κ1) is 22.9. The molecular formula is C23H31ClN2O3S. The van der Waals surface area contributed by atoms with Crippen molar-refractivity contribution in [3.63, 3.8) is 0 Å². The maximum absolute atomic E-state index is 12.2. The van der Waals surface area contributed by atoms with Crippen molar-refractivity contribution in [3.05, 3.63) is 33.8 Å². The molecular weight excluding hydrogens is 420 g/mol. The maximum Gasteiger partial charge on any atom is 0.409 e. The smallest absolute Gasteiger partial charge is 0.409 e. The summed E-state index contributed by atoms with van der Waals surface area (Å²) in [5.41, 5.74) is 2.56. The molecule has 5 nitrogen and oxygen atoms in total. The molecule has 0 radical (unpaired) electrons. The third-order valence-corrected chi connectivity index (χ3v) is 6.73. The highest BCUT2D eigenvalue weighted by molar-refractivity contribution is 7.19. The summed E-state index contributed by atoms with van der Waals surface area (Å²) in [7, 11) is 1.76. The third kappa shape index (κ3) is 6.11. The van der Waals surface area contributed by atoms with Crippen LogP contribution >= 0.6 is 22.9 Å². The zero-order valence-corrected chi connectivity index (χ0v) is 19.7. The Morgan fingerprint density at radius 2 is 2.07 bits per heavy atom. The van der Waals surface area contributed by atoms with Crippen LogP contribution in [0.3, 0.4) is 0 Å². The molecule has 30 heavy (non-hydrogen) atoms. The van der Waals surface area contributed by atoms with Crippen molar-refractivity contribution in [3.8, 4) is 16.3 Å². The predicted octanol–water partition coefficient (Wildman–Crippen LogP) is 6.85. The highest BCUT2D eigenvalue weighted by Crippen LogP contribution is 2.36. The van der Waals surface area contributed by atoms with Crippen LogP contribution in [0.15, 0.2) is 18.2 Å². The third-order valence-electron chi connectivity index (χ3n) is 5.40. The van der Waals surface area contributed by atoms with Crippen LogP contribution in [-0.2, 0) is 11.3 Å². The lowest BCUT2D eigenvalue weighted by molar-refractivity contribution is 0.104. The van der Waals surface area contributed by atoms with Gasteiger partial charge in [0.25, 0.3) is 0 Å². The number of pyridine rings is 1. The van der Waals surface area contributed by atoms with Gasteiger partial charge in [-0.25, -0.2) is 9.78 Å². The molecule has 1 aliphatic rings. The lowest BCUT2D eigenvalue weighted by Crippen LogP contribution is -2.28. The van der Waals surface area contributed by atoms with E-state index in [0.717, 1.165) is 53.3 Å². The number of carbonyl (C=O) groups excluding carboxylic acids is 1. The number of rotatable bonds is 8. The van der Waals surface area contributed by atoms with E-state index in [1.807, 2.05) is 25.1 Å². The molecule has 0 unspecified atom stereocenters. The van der Waals surface area contributed by atoms with Crippen LogP contribution in [0.4, 0.5) is 4.79 Å². The van der Waals surface area contributed by atoms with Gasteiger partial charge in [0.1, 0.15) is 12.4 Å². The highest BCUT2D eigenvalue weighted by atomic mass is 35.5. The van der Waals surface area contributed by atoms with Crippen molar-refractivity contribution < 1.29 is 14.3 Å². The SMILES string of the molecule is CCCCN(C)C(=O)OCc1cc(Cl)sc1-c1ccc(OC2CCCCC2)c(C)n1. The predicted molar refractivity (Wildman–Crippen MR) is 123 cm³/mol. The number of hydrogen-bond acceptors (Lipinski definition) is 5. The molecule has 0 saturated heterocycles. The Morgan fingerprint density at radius 3 is 2.77 bits per heavy atom. The van der Waals surface area contributed by atoms with Gasteiger partial charge in [-0.2, -0.15) is 0 Å². The average Bonchev–Trinajstić information content (AvgIpc) is 3.13. The monoisotopic (exact) mass is 450 g/mol. The fraction of sp³-hybridized carbons (Fsp3) is 0.565. The quantitative estimate of drug-likeness (QED) is 0.441. The Hall–Kier alpha value is -1.79. The fourth-order valence-corrected chi connectivity index (χ4v) is 4.84. The Labute approximate surface area is 188 Å². The van der Waals surface area contributed by atoms with Gasteiger partial charge in [-0.1, -0.05) is 31.4 Å². The van der Waals surface area contributed by atoms with Gasteiger partial charge in [-0.3, -0.25) is 0 Å². The topological polar surface area (TPSA) is 51.7 Å². The summed E-state index contributed by atoms with van der Waals surface area (Å²) in [5, 5.41) is 0. The molecule has 0 aliphatic heterocycles. The van der Waals surface area contributed by atoms with Crippen LogP contribution in [0.5, 0.6) is 5.75 Å². The number of halogens is 1. The van der Waals surface area contributed by atoms with Gasteiger partial charge in [0.05, 0.1) is 26.7 Å². The van der Waals surface area contributed by atoms with E-state index in [1.54, 1.807) is 11.9 Å². The summed E-state index contributed by atoms with van der Waals surface area (Å²) < 4.78 is 12.3. The summed E-state index contributed by atoms with van der Waals surface area (Å²) in [6.07, 6.45) is 7.97. The van der Waals surface area contributed by atoms with E-state index in [1.165, 1.54) is 30.6 Å². The van der Waals surface area contributed by atoms with Crippen LogP contribution in [0.1, 0.15) is 63.1 Å². The van der Waals surface area contributed by atoms with Crippen LogP contribution in [-0.4, -0.2) is 35.7 Å². The van der Waals surface area contributed by atoms with Gasteiger partial charge in [-0.15, -0.1) is 11.3 Å². The number of aromatic nitrogens is 1. The van der Waals surface area contributed by atoms with Crippen molar-refractivity contribution in [2.75, 3.05) is 13.6 Å². The van der Waals surface area contributed by atoms with Crippen molar-refractivity contribution in [1.29, 1.82) is 0 Å². The number of thiophene rings is 1. The molecule has 2 aromatic rings. The number of unbranched alkanes of at least 4 members (excludes halogenated alkanes) is 1. The summed E-state index contributed by atoms with van der Waals surface area (Å²) in [6.45, 7) is 4.93. The second-order valence-corrected chi connectivity index (χ2v) is 9.58. The lowest BCUT2D eigenvalue weighted by atomic mass is 9.98. The largest absolute Gasteiger partial charge is 0.489 e. The number of ether oxygens (including phenoxy) is 2. The first-order valence-electron chi connectivity index (χ1n) is 10.8. The Kier molecular flexibility index (Phi) is 8.40. The molecule has 3 rings (SSSR count). The minimum absolute atomic E-state index is 0.176. The average molecular weight is 451 g/mol. The summed E-state index contributed by atoms with van der Waals surface area (Å²) >= 11 is 7.73. The van der Waals surface area contributed by atoms with E-state index in [2.05, 4.69) is 6.92 Å². The molecule has 0 aromatic carbocycles. The molecule has 0 bridgehead atoms. The van der Waals surface area contributed by atoms with Gasteiger partial charge in [0.2, 0.25) is 0 Å². The molecule has 1 fully saturated rings. The standard InChI is InChI=1S/C23H31ClN2O3S/c1-4-5-13-26(3)23(27)28-15-17-14-21(24)30-22(17)19-11-12-20(16(2)25-19)29-18-9-7-6-8-10-18/h11-12,14,18H,4-10,13,15H2,1-3H3. The zero-order chi connectivity index (χ0) is 21.5. The lowest BCUT2D eigenvalue weighted by Gasteiger charge is -2.23. The molecule has 0 atom stereocenters. The normalized spacial score (nSPS) is 14.5. The minimum Gasteiger partial charge on any atom is -0.489 e. The van der Waals surface area contributed by atoms with Gasteiger partial charge < -0.3 is 14.4 Å². The summed E-state index contributed by atoms with van der Waals surface area (Å²) in [4.78, 5) is 19.5.